The third-order valence-electron chi connectivity index (χ3n) is 2.34. The second kappa shape index (κ2) is 5.00. The number of carbonyl (C=O) groups excluding carboxylic acids is 1. The van der Waals surface area contributed by atoms with Gasteiger partial charge in [0.15, 0.2) is 5.78 Å². The van der Waals surface area contributed by atoms with Crippen LogP contribution in [-0.2, 0) is 4.79 Å². The maximum absolute atomic E-state index is 11.4. The van der Waals surface area contributed by atoms with Gasteiger partial charge in [0.05, 0.1) is 0 Å². The summed E-state index contributed by atoms with van der Waals surface area (Å²) in [4.78, 5) is 11.4. The first-order chi connectivity index (χ1) is 6.18. The smallest absolute Gasteiger partial charge is 0.159 e. The molecule has 0 amide bonds. The fourth-order valence-electron chi connectivity index (χ4n) is 1.73. The Kier molecular flexibility index (Phi) is 3.94. The van der Waals surface area contributed by atoms with E-state index >= 15 is 0 Å². The minimum Gasteiger partial charge on any atom is -0.295 e. The van der Waals surface area contributed by atoms with Gasteiger partial charge in [0.25, 0.3) is 0 Å². The standard InChI is InChI=1S/C12H18O/c1-10(2)8-12(13)9-11-6-4-3-5-7-11/h9H,1,3-8H2,2H3. The van der Waals surface area contributed by atoms with Crippen molar-refractivity contribution >= 4 is 5.78 Å². The van der Waals surface area contributed by atoms with Crippen molar-refractivity contribution in [2.45, 2.75) is 45.4 Å². The van der Waals surface area contributed by atoms with E-state index in [4.69, 9.17) is 0 Å². The van der Waals surface area contributed by atoms with Crippen LogP contribution in [0.2, 0.25) is 0 Å². The molecule has 1 saturated carbocycles. The van der Waals surface area contributed by atoms with E-state index in [1.54, 1.807) is 0 Å². The molecule has 1 nitrogen and oxygen atoms in total. The van der Waals surface area contributed by atoms with Crippen LogP contribution in [0.15, 0.2) is 23.8 Å². The van der Waals surface area contributed by atoms with Gasteiger partial charge in [0, 0.05) is 6.42 Å². The van der Waals surface area contributed by atoms with Crippen molar-refractivity contribution in [2.75, 3.05) is 0 Å². The highest BCUT2D eigenvalue weighted by molar-refractivity contribution is 5.91. The maximum Gasteiger partial charge on any atom is 0.159 e. The van der Waals surface area contributed by atoms with Gasteiger partial charge in [-0.05, 0) is 38.7 Å². The maximum atomic E-state index is 11.4. The van der Waals surface area contributed by atoms with Crippen LogP contribution in [0.1, 0.15) is 45.4 Å². The fourth-order valence-corrected chi connectivity index (χ4v) is 1.73. The van der Waals surface area contributed by atoms with Crippen molar-refractivity contribution in [3.63, 3.8) is 0 Å². The van der Waals surface area contributed by atoms with Crippen molar-refractivity contribution in [3.8, 4) is 0 Å². The van der Waals surface area contributed by atoms with Crippen LogP contribution in [0.5, 0.6) is 0 Å². The highest BCUT2D eigenvalue weighted by Gasteiger charge is 2.07. The minimum atomic E-state index is 0.226. The lowest BCUT2D eigenvalue weighted by Crippen LogP contribution is -1.99. The normalized spacial score (nSPS) is 16.8. The lowest BCUT2D eigenvalue weighted by atomic mass is 9.93. The number of hydrogen-bond acceptors (Lipinski definition) is 1. The van der Waals surface area contributed by atoms with E-state index in [1.165, 1.54) is 24.8 Å². The molecule has 0 aromatic heterocycles. The summed E-state index contributed by atoms with van der Waals surface area (Å²) in [5, 5.41) is 0. The predicted octanol–water partition coefficient (Wildman–Crippen LogP) is 3.41. The lowest BCUT2D eigenvalue weighted by molar-refractivity contribution is -0.114. The van der Waals surface area contributed by atoms with Gasteiger partial charge in [-0.15, -0.1) is 0 Å². The molecule has 0 aliphatic heterocycles. The molecule has 0 atom stereocenters. The third-order valence-corrected chi connectivity index (χ3v) is 2.34. The quantitative estimate of drug-likeness (QED) is 0.478. The van der Waals surface area contributed by atoms with Crippen LogP contribution >= 0.6 is 0 Å². The molecule has 0 N–H and O–H groups in total. The van der Waals surface area contributed by atoms with Gasteiger partial charge in [-0.2, -0.15) is 0 Å². The molecule has 0 radical (unpaired) electrons. The summed E-state index contributed by atoms with van der Waals surface area (Å²) in [6.07, 6.45) is 8.45. The zero-order chi connectivity index (χ0) is 9.68. The summed E-state index contributed by atoms with van der Waals surface area (Å²) < 4.78 is 0. The van der Waals surface area contributed by atoms with E-state index in [1.807, 2.05) is 13.0 Å². The Bertz CT molecular complexity index is 228. The van der Waals surface area contributed by atoms with E-state index in [2.05, 4.69) is 6.58 Å². The van der Waals surface area contributed by atoms with E-state index in [-0.39, 0.29) is 5.78 Å². The number of ketones is 1. The molecule has 1 fully saturated rings. The van der Waals surface area contributed by atoms with Crippen molar-refractivity contribution in [2.24, 2.45) is 0 Å². The number of carbonyl (C=O) groups is 1. The molecule has 1 rings (SSSR count). The van der Waals surface area contributed by atoms with Gasteiger partial charge >= 0.3 is 0 Å². The molecule has 0 bridgehead atoms. The average molecular weight is 178 g/mol. The second-order valence-electron chi connectivity index (χ2n) is 3.96. The monoisotopic (exact) mass is 178 g/mol. The first kappa shape index (κ1) is 10.2. The highest BCUT2D eigenvalue weighted by atomic mass is 16.1. The summed E-state index contributed by atoms with van der Waals surface area (Å²) >= 11 is 0. The Morgan fingerprint density at radius 1 is 1.38 bits per heavy atom. The van der Waals surface area contributed by atoms with Crippen LogP contribution in [0.25, 0.3) is 0 Å². The molecule has 72 valence electrons. The molecular weight excluding hydrogens is 160 g/mol. The molecule has 0 heterocycles. The van der Waals surface area contributed by atoms with Crippen LogP contribution in [0, 0.1) is 0 Å². The van der Waals surface area contributed by atoms with E-state index in [9.17, 15) is 4.79 Å². The molecule has 0 spiro atoms. The van der Waals surface area contributed by atoms with E-state index in [0.29, 0.717) is 6.42 Å². The van der Waals surface area contributed by atoms with Crippen molar-refractivity contribution < 1.29 is 4.79 Å². The van der Waals surface area contributed by atoms with E-state index < -0.39 is 0 Å². The predicted molar refractivity (Wildman–Crippen MR) is 55.6 cm³/mol. The summed E-state index contributed by atoms with van der Waals surface area (Å²) in [5.41, 5.74) is 2.30. The van der Waals surface area contributed by atoms with Gasteiger partial charge in [0.2, 0.25) is 0 Å². The third kappa shape index (κ3) is 4.07. The molecule has 0 unspecified atom stereocenters. The minimum absolute atomic E-state index is 0.226. The average Bonchev–Trinajstić information content (AvgIpc) is 2.04. The topological polar surface area (TPSA) is 17.1 Å². The SMILES string of the molecule is C=C(C)CC(=O)C=C1CCCCC1. The van der Waals surface area contributed by atoms with Gasteiger partial charge in [0.1, 0.15) is 0 Å². The van der Waals surface area contributed by atoms with E-state index in [0.717, 1.165) is 18.4 Å². The first-order valence-corrected chi connectivity index (χ1v) is 5.05. The molecule has 0 aromatic carbocycles. The van der Waals surface area contributed by atoms with Crippen LogP contribution < -0.4 is 0 Å². The van der Waals surface area contributed by atoms with Crippen LogP contribution in [-0.4, -0.2) is 5.78 Å². The van der Waals surface area contributed by atoms with Crippen molar-refractivity contribution in [1.29, 1.82) is 0 Å². The van der Waals surface area contributed by atoms with Crippen molar-refractivity contribution in [3.05, 3.63) is 23.8 Å². The van der Waals surface area contributed by atoms with Gasteiger partial charge in [-0.3, -0.25) is 4.79 Å². The molecule has 0 saturated heterocycles. The summed E-state index contributed by atoms with van der Waals surface area (Å²) in [7, 11) is 0. The summed E-state index contributed by atoms with van der Waals surface area (Å²) in [6.45, 7) is 5.64. The zero-order valence-electron chi connectivity index (χ0n) is 8.44. The molecule has 1 aliphatic carbocycles. The lowest BCUT2D eigenvalue weighted by Gasteiger charge is -2.12. The molecule has 0 aromatic rings. The van der Waals surface area contributed by atoms with Crippen LogP contribution in [0.4, 0.5) is 0 Å². The van der Waals surface area contributed by atoms with Gasteiger partial charge in [-0.25, -0.2) is 0 Å². The second-order valence-corrected chi connectivity index (χ2v) is 3.96. The first-order valence-electron chi connectivity index (χ1n) is 5.05. The zero-order valence-corrected chi connectivity index (χ0v) is 8.44. The van der Waals surface area contributed by atoms with Gasteiger partial charge < -0.3 is 0 Å². The number of allylic oxidation sites excluding steroid dienone is 3. The Morgan fingerprint density at radius 3 is 2.54 bits per heavy atom. The molecule has 1 aliphatic rings. The molecule has 1 heteroatoms. The van der Waals surface area contributed by atoms with Crippen molar-refractivity contribution in [1.82, 2.24) is 0 Å². The summed E-state index contributed by atoms with van der Waals surface area (Å²) in [6, 6.07) is 0. The Hall–Kier alpha value is -0.850. The highest BCUT2D eigenvalue weighted by Crippen LogP contribution is 2.22. The Morgan fingerprint density at radius 2 is 2.00 bits per heavy atom. The fraction of sp³-hybridized carbons (Fsp3) is 0.583. The van der Waals surface area contributed by atoms with Gasteiger partial charge in [-0.1, -0.05) is 24.1 Å². The number of hydrogen-bond donors (Lipinski definition) is 0. The summed E-state index contributed by atoms with van der Waals surface area (Å²) in [5.74, 6) is 0.226. The number of rotatable bonds is 3. The largest absolute Gasteiger partial charge is 0.295 e. The van der Waals surface area contributed by atoms with Crippen LogP contribution in [0.3, 0.4) is 0 Å². The molecule has 13 heavy (non-hydrogen) atoms. The molecular formula is C12H18O. The Balaban J connectivity index is 2.43. The Labute approximate surface area is 80.5 Å².